The van der Waals surface area contributed by atoms with Gasteiger partial charge in [0.2, 0.25) is 0 Å². The van der Waals surface area contributed by atoms with Crippen LogP contribution in [0.5, 0.6) is 0 Å². The highest BCUT2D eigenvalue weighted by molar-refractivity contribution is 5.92. The molecular formula is C16H22N4O. The molecule has 1 saturated heterocycles. The van der Waals surface area contributed by atoms with E-state index < -0.39 is 0 Å². The average molecular weight is 286 g/mol. The van der Waals surface area contributed by atoms with E-state index in [0.717, 1.165) is 24.9 Å². The number of carbonyl (C=O) groups is 1. The molecule has 112 valence electrons. The third-order valence-corrected chi connectivity index (χ3v) is 3.87. The smallest absolute Gasteiger partial charge is 0.270 e. The number of rotatable bonds is 2. The van der Waals surface area contributed by atoms with Gasteiger partial charge in [0, 0.05) is 30.4 Å². The van der Waals surface area contributed by atoms with Gasteiger partial charge in [-0.1, -0.05) is 11.8 Å². The van der Waals surface area contributed by atoms with Crippen molar-refractivity contribution in [2.45, 2.75) is 31.8 Å². The zero-order chi connectivity index (χ0) is 15.2. The largest absolute Gasteiger partial charge is 0.348 e. The molecule has 1 aliphatic heterocycles. The predicted molar refractivity (Wildman–Crippen MR) is 82.7 cm³/mol. The summed E-state index contributed by atoms with van der Waals surface area (Å²) in [6.07, 6.45) is 3.56. The van der Waals surface area contributed by atoms with Crippen molar-refractivity contribution >= 4 is 5.91 Å². The highest BCUT2D eigenvalue weighted by Crippen LogP contribution is 2.15. The van der Waals surface area contributed by atoms with E-state index in [0.29, 0.717) is 18.3 Å². The third-order valence-electron chi connectivity index (χ3n) is 3.87. The van der Waals surface area contributed by atoms with Gasteiger partial charge in [-0.15, -0.1) is 0 Å². The predicted octanol–water partition coefficient (Wildman–Crippen LogP) is 0.604. The number of pyridine rings is 1. The van der Waals surface area contributed by atoms with Crippen molar-refractivity contribution in [1.29, 1.82) is 0 Å². The Bertz CT molecular complexity index is 544. The molecular weight excluding hydrogens is 264 g/mol. The number of hydrogen-bond acceptors (Lipinski definition) is 4. The van der Waals surface area contributed by atoms with Gasteiger partial charge in [-0.05, 0) is 38.9 Å². The number of piperidine rings is 1. The fourth-order valence-corrected chi connectivity index (χ4v) is 2.44. The van der Waals surface area contributed by atoms with Gasteiger partial charge in [0.15, 0.2) is 0 Å². The maximum atomic E-state index is 12.2. The standard InChI is InChI=1S/C16H22N4O/c1-12-10-14(7-9-20(12)2)19-16(21)15-6-5-13(11-18-15)4-3-8-17/h5-6,11-12,14H,7-10,17H2,1-2H3,(H,19,21). The zero-order valence-corrected chi connectivity index (χ0v) is 12.6. The number of carbonyl (C=O) groups excluding carboxylic acids is 1. The molecule has 1 aromatic heterocycles. The molecule has 0 aromatic carbocycles. The van der Waals surface area contributed by atoms with Crippen LogP contribution in [0.4, 0.5) is 0 Å². The minimum absolute atomic E-state index is 0.116. The van der Waals surface area contributed by atoms with Crippen molar-refractivity contribution in [1.82, 2.24) is 15.2 Å². The number of hydrogen-bond donors (Lipinski definition) is 2. The van der Waals surface area contributed by atoms with Crippen LogP contribution in [0.3, 0.4) is 0 Å². The molecule has 5 heteroatoms. The number of nitrogens with two attached hydrogens (primary N) is 1. The molecule has 0 saturated carbocycles. The Morgan fingerprint density at radius 2 is 2.38 bits per heavy atom. The first-order valence-electron chi connectivity index (χ1n) is 7.26. The van der Waals surface area contributed by atoms with Gasteiger partial charge >= 0.3 is 0 Å². The molecule has 2 unspecified atom stereocenters. The van der Waals surface area contributed by atoms with E-state index in [9.17, 15) is 4.79 Å². The summed E-state index contributed by atoms with van der Waals surface area (Å²) in [6, 6.07) is 4.21. The lowest BCUT2D eigenvalue weighted by molar-refractivity contribution is 0.0891. The summed E-state index contributed by atoms with van der Waals surface area (Å²) in [7, 11) is 2.12. The van der Waals surface area contributed by atoms with Gasteiger partial charge in [-0.2, -0.15) is 0 Å². The van der Waals surface area contributed by atoms with Crippen LogP contribution in [0.25, 0.3) is 0 Å². The first-order chi connectivity index (χ1) is 10.1. The van der Waals surface area contributed by atoms with Gasteiger partial charge in [-0.25, -0.2) is 4.98 Å². The minimum Gasteiger partial charge on any atom is -0.348 e. The quantitative estimate of drug-likeness (QED) is 0.781. The fourth-order valence-electron chi connectivity index (χ4n) is 2.44. The van der Waals surface area contributed by atoms with Crippen molar-refractivity contribution in [3.05, 3.63) is 29.6 Å². The van der Waals surface area contributed by atoms with Crippen molar-refractivity contribution in [3.8, 4) is 11.8 Å². The van der Waals surface area contributed by atoms with E-state index in [-0.39, 0.29) is 11.9 Å². The zero-order valence-electron chi connectivity index (χ0n) is 12.6. The lowest BCUT2D eigenvalue weighted by atomic mass is 9.99. The SMILES string of the molecule is CC1CC(NC(=O)c2ccc(C#CCN)cn2)CCN1C. The van der Waals surface area contributed by atoms with Crippen molar-refractivity contribution in [2.75, 3.05) is 20.1 Å². The Morgan fingerprint density at radius 3 is 3.00 bits per heavy atom. The molecule has 0 aliphatic carbocycles. The summed E-state index contributed by atoms with van der Waals surface area (Å²) < 4.78 is 0. The van der Waals surface area contributed by atoms with E-state index >= 15 is 0 Å². The summed E-state index contributed by atoms with van der Waals surface area (Å²) in [6.45, 7) is 3.51. The second-order valence-corrected chi connectivity index (χ2v) is 5.46. The van der Waals surface area contributed by atoms with Crippen molar-refractivity contribution < 1.29 is 4.79 Å². The van der Waals surface area contributed by atoms with E-state index in [1.165, 1.54) is 0 Å². The number of nitrogens with zero attached hydrogens (tertiary/aromatic N) is 2. The molecule has 21 heavy (non-hydrogen) atoms. The summed E-state index contributed by atoms with van der Waals surface area (Å²) in [5.74, 6) is 5.53. The fraction of sp³-hybridized carbons (Fsp3) is 0.500. The molecule has 2 atom stereocenters. The Morgan fingerprint density at radius 1 is 1.57 bits per heavy atom. The first-order valence-corrected chi connectivity index (χ1v) is 7.26. The molecule has 2 rings (SSSR count). The van der Waals surface area contributed by atoms with Crippen LogP contribution < -0.4 is 11.1 Å². The average Bonchev–Trinajstić information content (AvgIpc) is 2.49. The molecule has 0 spiro atoms. The Kier molecular flexibility index (Phi) is 5.32. The molecule has 5 nitrogen and oxygen atoms in total. The normalized spacial score (nSPS) is 22.2. The van der Waals surface area contributed by atoms with Gasteiger partial charge < -0.3 is 16.0 Å². The molecule has 1 aliphatic rings. The summed E-state index contributed by atoms with van der Waals surface area (Å²) in [5, 5.41) is 3.06. The lowest BCUT2D eigenvalue weighted by Crippen LogP contribution is -2.47. The molecule has 0 bridgehead atoms. The number of aromatic nitrogens is 1. The first kappa shape index (κ1) is 15.5. The minimum atomic E-state index is -0.116. The molecule has 1 amide bonds. The van der Waals surface area contributed by atoms with Crippen LogP contribution in [0.1, 0.15) is 35.8 Å². The highest BCUT2D eigenvalue weighted by atomic mass is 16.1. The Balaban J connectivity index is 1.94. The van der Waals surface area contributed by atoms with Crippen molar-refractivity contribution in [3.63, 3.8) is 0 Å². The maximum Gasteiger partial charge on any atom is 0.270 e. The summed E-state index contributed by atoms with van der Waals surface area (Å²) >= 11 is 0. The van der Waals surface area contributed by atoms with Crippen molar-refractivity contribution in [2.24, 2.45) is 5.73 Å². The second-order valence-electron chi connectivity index (χ2n) is 5.46. The molecule has 1 aromatic rings. The number of amides is 1. The lowest BCUT2D eigenvalue weighted by Gasteiger charge is -2.35. The highest BCUT2D eigenvalue weighted by Gasteiger charge is 2.24. The topological polar surface area (TPSA) is 71.2 Å². The monoisotopic (exact) mass is 286 g/mol. The maximum absolute atomic E-state index is 12.2. The van der Waals surface area contributed by atoms with E-state index in [2.05, 4.69) is 41.0 Å². The van der Waals surface area contributed by atoms with Gasteiger partial charge in [0.05, 0.1) is 6.54 Å². The van der Waals surface area contributed by atoms with Crippen LogP contribution in [-0.2, 0) is 0 Å². The summed E-state index contributed by atoms with van der Waals surface area (Å²) in [5.41, 5.74) is 6.52. The van der Waals surface area contributed by atoms with Crippen LogP contribution in [0, 0.1) is 11.8 Å². The van der Waals surface area contributed by atoms with E-state index in [4.69, 9.17) is 5.73 Å². The summed E-state index contributed by atoms with van der Waals surface area (Å²) in [4.78, 5) is 18.7. The molecule has 3 N–H and O–H groups in total. The van der Waals surface area contributed by atoms with E-state index in [1.807, 2.05) is 0 Å². The second kappa shape index (κ2) is 7.21. The van der Waals surface area contributed by atoms with Gasteiger partial charge in [-0.3, -0.25) is 4.79 Å². The Hall–Kier alpha value is -1.90. The van der Waals surface area contributed by atoms with Gasteiger partial charge in [0.1, 0.15) is 5.69 Å². The van der Waals surface area contributed by atoms with Crippen LogP contribution >= 0.6 is 0 Å². The van der Waals surface area contributed by atoms with Crippen LogP contribution in [0.2, 0.25) is 0 Å². The number of likely N-dealkylation sites (tertiary alicyclic amines) is 1. The third kappa shape index (κ3) is 4.28. The molecule has 1 fully saturated rings. The number of nitrogens with one attached hydrogen (secondary N) is 1. The van der Waals surface area contributed by atoms with Crippen LogP contribution in [0.15, 0.2) is 18.3 Å². The molecule has 2 heterocycles. The van der Waals surface area contributed by atoms with Gasteiger partial charge in [0.25, 0.3) is 5.91 Å². The van der Waals surface area contributed by atoms with E-state index in [1.54, 1.807) is 18.3 Å². The Labute approximate surface area is 125 Å². The van der Waals surface area contributed by atoms with Crippen LogP contribution in [-0.4, -0.2) is 48.0 Å². The molecule has 0 radical (unpaired) electrons.